The van der Waals surface area contributed by atoms with Crippen LogP contribution in [0, 0.1) is 12.8 Å². The Morgan fingerprint density at radius 2 is 1.80 bits per heavy atom. The molecule has 0 radical (unpaired) electrons. The van der Waals surface area contributed by atoms with Crippen LogP contribution >= 0.6 is 15.9 Å². The van der Waals surface area contributed by atoms with Crippen molar-refractivity contribution < 1.29 is 19.1 Å². The number of aryl methyl sites for hydroxylation is 1. The summed E-state index contributed by atoms with van der Waals surface area (Å²) in [6.07, 6.45) is 0.174. The van der Waals surface area contributed by atoms with E-state index in [2.05, 4.69) is 26.6 Å². The summed E-state index contributed by atoms with van der Waals surface area (Å²) in [6, 6.07) is 22.3. The van der Waals surface area contributed by atoms with Crippen LogP contribution in [0.15, 0.2) is 77.3 Å². The second-order valence-electron chi connectivity index (χ2n) is 8.42. The van der Waals surface area contributed by atoms with Gasteiger partial charge in [0.15, 0.2) is 6.61 Å². The van der Waals surface area contributed by atoms with Gasteiger partial charge in [-0.1, -0.05) is 36.4 Å². The Kier molecular flexibility index (Phi) is 7.82. The molecule has 3 aromatic rings. The number of hydrogen-bond acceptors (Lipinski definition) is 4. The molecule has 1 aliphatic rings. The molecule has 1 aliphatic heterocycles. The van der Waals surface area contributed by atoms with Crippen molar-refractivity contribution in [3.8, 4) is 5.75 Å². The Balaban J connectivity index is 1.27. The average molecular weight is 536 g/mol. The molecule has 0 bridgehead atoms. The summed E-state index contributed by atoms with van der Waals surface area (Å²) >= 11 is 3.44. The lowest BCUT2D eigenvalue weighted by molar-refractivity contribution is -0.126. The number of carbonyl (C=O) groups is 3. The molecule has 1 saturated heterocycles. The Bertz CT molecular complexity index is 1210. The van der Waals surface area contributed by atoms with E-state index in [-0.39, 0.29) is 30.7 Å². The fraction of sp³-hybridized carbons (Fsp3) is 0.222. The van der Waals surface area contributed by atoms with Gasteiger partial charge < -0.3 is 20.3 Å². The highest BCUT2D eigenvalue weighted by atomic mass is 79.9. The molecule has 0 unspecified atom stereocenters. The quantitative estimate of drug-likeness (QED) is 0.446. The van der Waals surface area contributed by atoms with Crippen molar-refractivity contribution >= 4 is 45.0 Å². The maximum atomic E-state index is 12.6. The van der Waals surface area contributed by atoms with Gasteiger partial charge in [0.05, 0.1) is 11.6 Å². The van der Waals surface area contributed by atoms with E-state index in [0.717, 1.165) is 15.6 Å². The normalized spacial score (nSPS) is 15.1. The van der Waals surface area contributed by atoms with Gasteiger partial charge in [-0.3, -0.25) is 14.4 Å². The highest BCUT2D eigenvalue weighted by Gasteiger charge is 2.35. The first-order valence-electron chi connectivity index (χ1n) is 11.3. The number of amides is 3. The van der Waals surface area contributed by atoms with Crippen molar-refractivity contribution in [3.63, 3.8) is 0 Å². The van der Waals surface area contributed by atoms with Crippen molar-refractivity contribution in [1.29, 1.82) is 0 Å². The minimum atomic E-state index is -0.396. The molecule has 180 valence electrons. The lowest BCUT2D eigenvalue weighted by Gasteiger charge is -2.17. The van der Waals surface area contributed by atoms with Crippen LogP contribution < -0.4 is 20.3 Å². The van der Waals surface area contributed by atoms with Gasteiger partial charge in [-0.25, -0.2) is 0 Å². The zero-order valence-corrected chi connectivity index (χ0v) is 20.9. The highest BCUT2D eigenvalue weighted by Crippen LogP contribution is 2.27. The first-order valence-corrected chi connectivity index (χ1v) is 12.1. The van der Waals surface area contributed by atoms with E-state index in [1.165, 1.54) is 0 Å². The molecule has 35 heavy (non-hydrogen) atoms. The monoisotopic (exact) mass is 535 g/mol. The average Bonchev–Trinajstić information content (AvgIpc) is 3.25. The predicted molar refractivity (Wildman–Crippen MR) is 138 cm³/mol. The second-order valence-corrected chi connectivity index (χ2v) is 9.28. The van der Waals surface area contributed by atoms with Crippen LogP contribution in [0.25, 0.3) is 0 Å². The van der Waals surface area contributed by atoms with E-state index in [0.29, 0.717) is 30.2 Å². The smallest absolute Gasteiger partial charge is 0.262 e. The number of anilines is 2. The summed E-state index contributed by atoms with van der Waals surface area (Å²) in [4.78, 5) is 39.0. The van der Waals surface area contributed by atoms with Gasteiger partial charge in [-0.15, -0.1) is 0 Å². The minimum Gasteiger partial charge on any atom is -0.484 e. The molecule has 0 aromatic heterocycles. The van der Waals surface area contributed by atoms with Crippen LogP contribution in [-0.4, -0.2) is 30.9 Å². The number of halogens is 1. The Morgan fingerprint density at radius 1 is 1.06 bits per heavy atom. The second kappa shape index (κ2) is 11.2. The van der Waals surface area contributed by atoms with Gasteiger partial charge >= 0.3 is 0 Å². The molecular weight excluding hydrogens is 510 g/mol. The Hall–Kier alpha value is -3.65. The number of carbonyl (C=O) groups excluding carboxylic acids is 3. The maximum absolute atomic E-state index is 12.6. The molecule has 0 aliphatic carbocycles. The van der Waals surface area contributed by atoms with Crippen LogP contribution in [0.3, 0.4) is 0 Å². The van der Waals surface area contributed by atoms with E-state index in [4.69, 9.17) is 4.74 Å². The minimum absolute atomic E-state index is 0.0958. The predicted octanol–water partition coefficient (Wildman–Crippen LogP) is 4.44. The molecule has 7 nitrogen and oxygen atoms in total. The zero-order valence-electron chi connectivity index (χ0n) is 19.3. The standard InChI is InChI=1S/C27H26BrN3O4/c1-18-7-12-24(23(28)13-18)30-25(32)17-35-22-10-8-21(9-11-22)31-16-20(14-26(31)33)27(34)29-15-19-5-3-2-4-6-19/h2-13,20H,14-17H2,1H3,(H,29,34)(H,30,32)/t20-/m1/s1. The van der Waals surface area contributed by atoms with Gasteiger partial charge in [-0.2, -0.15) is 0 Å². The van der Waals surface area contributed by atoms with Crippen LogP contribution in [0.4, 0.5) is 11.4 Å². The van der Waals surface area contributed by atoms with Gasteiger partial charge in [0, 0.05) is 29.7 Å². The number of nitrogens with one attached hydrogen (secondary N) is 2. The van der Waals surface area contributed by atoms with Gasteiger partial charge in [-0.05, 0) is 70.4 Å². The molecular formula is C27H26BrN3O4. The summed E-state index contributed by atoms with van der Waals surface area (Å²) < 4.78 is 6.39. The van der Waals surface area contributed by atoms with Crippen LogP contribution in [0.2, 0.25) is 0 Å². The third kappa shape index (κ3) is 6.48. The highest BCUT2D eigenvalue weighted by molar-refractivity contribution is 9.10. The van der Waals surface area contributed by atoms with Crippen LogP contribution in [0.1, 0.15) is 17.5 Å². The van der Waals surface area contributed by atoms with Crippen molar-refractivity contribution in [2.75, 3.05) is 23.4 Å². The van der Waals surface area contributed by atoms with E-state index in [9.17, 15) is 14.4 Å². The maximum Gasteiger partial charge on any atom is 0.262 e. The summed E-state index contributed by atoms with van der Waals surface area (Å²) in [5, 5.41) is 5.72. The molecule has 3 amide bonds. The van der Waals surface area contributed by atoms with Crippen LogP contribution in [-0.2, 0) is 20.9 Å². The number of rotatable bonds is 8. The topological polar surface area (TPSA) is 87.7 Å². The third-order valence-electron chi connectivity index (χ3n) is 5.72. The van der Waals surface area contributed by atoms with Crippen LogP contribution in [0.5, 0.6) is 5.75 Å². The number of hydrogen-bond donors (Lipinski definition) is 2. The summed E-state index contributed by atoms with van der Waals surface area (Å²) in [5.74, 6) is -0.391. The van der Waals surface area contributed by atoms with Crippen molar-refractivity contribution in [2.45, 2.75) is 19.9 Å². The van der Waals surface area contributed by atoms with Gasteiger partial charge in [0.2, 0.25) is 11.8 Å². The lowest BCUT2D eigenvalue weighted by atomic mass is 10.1. The molecule has 1 heterocycles. The van der Waals surface area contributed by atoms with Crippen molar-refractivity contribution in [3.05, 3.63) is 88.4 Å². The van der Waals surface area contributed by atoms with E-state index >= 15 is 0 Å². The Morgan fingerprint density at radius 3 is 2.51 bits per heavy atom. The molecule has 0 spiro atoms. The van der Waals surface area contributed by atoms with Gasteiger partial charge in [0.25, 0.3) is 5.91 Å². The fourth-order valence-electron chi connectivity index (χ4n) is 3.84. The third-order valence-corrected chi connectivity index (χ3v) is 6.38. The summed E-state index contributed by atoms with van der Waals surface area (Å²) in [6.45, 7) is 2.59. The summed E-state index contributed by atoms with van der Waals surface area (Å²) in [5.41, 5.74) is 3.46. The SMILES string of the molecule is Cc1ccc(NC(=O)COc2ccc(N3C[C@H](C(=O)NCc4ccccc4)CC3=O)cc2)c(Br)c1. The first kappa shape index (κ1) is 24.5. The number of benzene rings is 3. The lowest BCUT2D eigenvalue weighted by Crippen LogP contribution is -2.32. The fourth-order valence-corrected chi connectivity index (χ4v) is 4.43. The van der Waals surface area contributed by atoms with Gasteiger partial charge in [0.1, 0.15) is 5.75 Å². The summed E-state index contributed by atoms with van der Waals surface area (Å²) in [7, 11) is 0. The zero-order chi connectivity index (χ0) is 24.8. The molecule has 1 fully saturated rings. The molecule has 1 atom stereocenters. The first-order chi connectivity index (χ1) is 16.9. The van der Waals surface area contributed by atoms with Crippen molar-refractivity contribution in [2.24, 2.45) is 5.92 Å². The molecule has 0 saturated carbocycles. The number of nitrogens with zero attached hydrogens (tertiary/aromatic N) is 1. The molecule has 4 rings (SSSR count). The molecule has 3 aromatic carbocycles. The van der Waals surface area contributed by atoms with E-state index < -0.39 is 5.92 Å². The number of ether oxygens (including phenoxy) is 1. The Labute approximate surface area is 212 Å². The molecule has 8 heteroatoms. The van der Waals surface area contributed by atoms with E-state index in [1.54, 1.807) is 29.2 Å². The largest absolute Gasteiger partial charge is 0.484 e. The van der Waals surface area contributed by atoms with E-state index in [1.807, 2.05) is 55.5 Å². The van der Waals surface area contributed by atoms with Crippen molar-refractivity contribution in [1.82, 2.24) is 5.32 Å². The molecule has 2 N–H and O–H groups in total.